The van der Waals surface area contributed by atoms with Crippen molar-refractivity contribution in [2.45, 2.75) is 17.8 Å². The molecule has 0 saturated carbocycles. The monoisotopic (exact) mass is 437 g/mol. The van der Waals surface area contributed by atoms with Crippen LogP contribution in [0, 0.1) is 68.0 Å². The molecule has 0 bridgehead atoms. The molecule has 0 aliphatic carbocycles. The van der Waals surface area contributed by atoms with Gasteiger partial charge in [0, 0.05) is 17.1 Å². The Morgan fingerprint density at radius 3 is 0.765 bits per heavy atom. The van der Waals surface area contributed by atoms with Crippen LogP contribution in [0.4, 0.5) is 17.1 Å². The van der Waals surface area contributed by atoms with Crippen molar-refractivity contribution in [3.05, 3.63) is 89.5 Å². The third-order valence-corrected chi connectivity index (χ3v) is 5.23. The van der Waals surface area contributed by atoms with Crippen molar-refractivity contribution < 1.29 is 0 Å². The van der Waals surface area contributed by atoms with Crippen molar-refractivity contribution in [2.24, 2.45) is 0 Å². The molecular formula is C27H15N7. The molecule has 158 valence electrons. The maximum absolute atomic E-state index is 9.16. The minimum atomic E-state index is -0.871. The van der Waals surface area contributed by atoms with Crippen LogP contribution >= 0.6 is 0 Å². The molecule has 34 heavy (non-hydrogen) atoms. The second kappa shape index (κ2) is 10.6. The molecule has 0 aliphatic rings. The van der Waals surface area contributed by atoms with Crippen LogP contribution in [0.2, 0.25) is 0 Å². The van der Waals surface area contributed by atoms with Crippen LogP contribution in [0.25, 0.3) is 0 Å². The zero-order chi connectivity index (χ0) is 24.5. The summed E-state index contributed by atoms with van der Waals surface area (Å²) in [6.07, 6.45) is 0. The van der Waals surface area contributed by atoms with E-state index in [1.54, 1.807) is 72.8 Å². The molecule has 0 unspecified atom stereocenters. The Morgan fingerprint density at radius 2 is 0.588 bits per heavy atom. The molecule has 0 aliphatic heterocycles. The molecule has 3 rings (SSSR count). The number of rotatable bonds is 6. The molecule has 3 aromatic carbocycles. The molecule has 3 aromatic rings. The van der Waals surface area contributed by atoms with Crippen molar-refractivity contribution in [1.82, 2.24) is 0 Å². The topological polar surface area (TPSA) is 146 Å². The summed E-state index contributed by atoms with van der Waals surface area (Å²) in [5.41, 5.74) is 3.97. The van der Waals surface area contributed by atoms with Gasteiger partial charge in [-0.1, -0.05) is 36.4 Å². The highest BCUT2D eigenvalue weighted by molar-refractivity contribution is 5.77. The number of nitrogens with zero attached hydrogens (tertiary/aromatic N) is 7. The number of anilines is 3. The highest BCUT2D eigenvalue weighted by Gasteiger charge is 2.17. The summed E-state index contributed by atoms with van der Waals surface area (Å²) in [6.45, 7) is 0. The van der Waals surface area contributed by atoms with Crippen molar-refractivity contribution in [2.75, 3.05) is 4.90 Å². The molecule has 0 aromatic heterocycles. The van der Waals surface area contributed by atoms with Crippen LogP contribution in [0.1, 0.15) is 34.4 Å². The Labute approximate surface area is 197 Å². The Balaban J connectivity index is 2.08. The summed E-state index contributed by atoms with van der Waals surface area (Å²) in [7, 11) is 0. The molecule has 0 heterocycles. The minimum Gasteiger partial charge on any atom is -0.311 e. The Kier molecular flexibility index (Phi) is 7.21. The van der Waals surface area contributed by atoms with Gasteiger partial charge in [0.15, 0.2) is 17.8 Å². The Hall–Kier alpha value is -5.60. The van der Waals surface area contributed by atoms with Crippen molar-refractivity contribution >= 4 is 17.1 Å². The first-order chi connectivity index (χ1) is 16.6. The highest BCUT2D eigenvalue weighted by Crippen LogP contribution is 2.36. The first-order valence-corrected chi connectivity index (χ1v) is 10.1. The van der Waals surface area contributed by atoms with Crippen LogP contribution in [0.15, 0.2) is 72.8 Å². The maximum Gasteiger partial charge on any atom is 0.158 e. The second-order valence-electron chi connectivity index (χ2n) is 7.18. The molecule has 7 nitrogen and oxygen atoms in total. The first kappa shape index (κ1) is 23.1. The van der Waals surface area contributed by atoms with Gasteiger partial charge in [0.2, 0.25) is 0 Å². The van der Waals surface area contributed by atoms with E-state index >= 15 is 0 Å². The Morgan fingerprint density at radius 1 is 0.382 bits per heavy atom. The van der Waals surface area contributed by atoms with Crippen molar-refractivity contribution in [1.29, 1.82) is 31.6 Å². The SMILES string of the molecule is N#CC(C#N)c1ccc(N(c2ccc(C(C#N)C#N)cc2)c2ccc(C(C#N)C#N)cc2)cc1. The maximum atomic E-state index is 9.16. The smallest absolute Gasteiger partial charge is 0.158 e. The summed E-state index contributed by atoms with van der Waals surface area (Å²) in [5.74, 6) is -2.61. The van der Waals surface area contributed by atoms with E-state index < -0.39 is 17.8 Å². The van der Waals surface area contributed by atoms with Gasteiger partial charge < -0.3 is 4.90 Å². The second-order valence-corrected chi connectivity index (χ2v) is 7.18. The van der Waals surface area contributed by atoms with Gasteiger partial charge in [-0.2, -0.15) is 31.6 Å². The number of hydrogen-bond acceptors (Lipinski definition) is 7. The van der Waals surface area contributed by atoms with E-state index in [1.165, 1.54) is 0 Å². The van der Waals surface area contributed by atoms with Gasteiger partial charge in [0.25, 0.3) is 0 Å². The largest absolute Gasteiger partial charge is 0.311 e. The number of nitriles is 6. The zero-order valence-electron chi connectivity index (χ0n) is 17.8. The lowest BCUT2D eigenvalue weighted by atomic mass is 9.99. The molecule has 0 radical (unpaired) electrons. The van der Waals surface area contributed by atoms with Gasteiger partial charge in [-0.25, -0.2) is 0 Å². The average Bonchev–Trinajstić information content (AvgIpc) is 2.89. The van der Waals surface area contributed by atoms with E-state index in [9.17, 15) is 0 Å². The van der Waals surface area contributed by atoms with Gasteiger partial charge >= 0.3 is 0 Å². The average molecular weight is 437 g/mol. The fourth-order valence-electron chi connectivity index (χ4n) is 3.43. The standard InChI is InChI=1S/C27H15N7/c28-13-22(14-29)19-1-7-25(8-2-19)34(26-9-3-20(4-10-26)23(15-30)16-31)27-11-5-21(6-12-27)24(17-32)18-33/h1-12,22-24H. The lowest BCUT2D eigenvalue weighted by Gasteiger charge is -2.26. The highest BCUT2D eigenvalue weighted by atomic mass is 15.1. The van der Waals surface area contributed by atoms with E-state index in [1.807, 2.05) is 41.3 Å². The first-order valence-electron chi connectivity index (χ1n) is 10.1. The summed E-state index contributed by atoms with van der Waals surface area (Å²) in [6, 6.07) is 32.8. The third kappa shape index (κ3) is 4.67. The summed E-state index contributed by atoms with van der Waals surface area (Å²) in [5, 5.41) is 55.0. The fourth-order valence-corrected chi connectivity index (χ4v) is 3.43. The quantitative estimate of drug-likeness (QED) is 0.491. The van der Waals surface area contributed by atoms with E-state index in [0.717, 1.165) is 17.1 Å². The Bertz CT molecular complexity index is 1190. The number of benzene rings is 3. The van der Waals surface area contributed by atoms with Crippen LogP contribution in [-0.4, -0.2) is 0 Å². The minimum absolute atomic E-state index is 0.580. The molecule has 0 N–H and O–H groups in total. The van der Waals surface area contributed by atoms with Crippen LogP contribution < -0.4 is 4.90 Å². The third-order valence-electron chi connectivity index (χ3n) is 5.23. The number of hydrogen-bond donors (Lipinski definition) is 0. The summed E-state index contributed by atoms with van der Waals surface area (Å²) < 4.78 is 0. The molecule has 0 fully saturated rings. The lowest BCUT2D eigenvalue weighted by Crippen LogP contribution is -2.10. The molecule has 7 heteroatoms. The van der Waals surface area contributed by atoms with Gasteiger partial charge in [-0.3, -0.25) is 0 Å². The summed E-state index contributed by atoms with van der Waals surface area (Å²) >= 11 is 0. The van der Waals surface area contributed by atoms with Crippen molar-refractivity contribution in [3.63, 3.8) is 0 Å². The predicted octanol–water partition coefficient (Wildman–Crippen LogP) is 5.55. The van der Waals surface area contributed by atoms with Gasteiger partial charge in [-0.05, 0) is 53.1 Å². The van der Waals surface area contributed by atoms with E-state index in [4.69, 9.17) is 31.6 Å². The fraction of sp³-hybridized carbons (Fsp3) is 0.111. The van der Waals surface area contributed by atoms with E-state index in [2.05, 4.69) is 0 Å². The van der Waals surface area contributed by atoms with Crippen LogP contribution in [0.5, 0.6) is 0 Å². The van der Waals surface area contributed by atoms with Gasteiger partial charge in [-0.15, -0.1) is 0 Å². The molecular weight excluding hydrogens is 422 g/mol. The normalized spacial score (nSPS) is 9.79. The van der Waals surface area contributed by atoms with Crippen molar-refractivity contribution in [3.8, 4) is 36.4 Å². The van der Waals surface area contributed by atoms with Gasteiger partial charge in [0.05, 0.1) is 36.4 Å². The van der Waals surface area contributed by atoms with E-state index in [0.29, 0.717) is 16.7 Å². The zero-order valence-corrected chi connectivity index (χ0v) is 17.8. The molecule has 0 amide bonds. The lowest BCUT2D eigenvalue weighted by molar-refractivity contribution is 1.09. The molecule has 0 atom stereocenters. The van der Waals surface area contributed by atoms with Crippen LogP contribution in [0.3, 0.4) is 0 Å². The van der Waals surface area contributed by atoms with Gasteiger partial charge in [0.1, 0.15) is 0 Å². The molecule has 0 saturated heterocycles. The van der Waals surface area contributed by atoms with E-state index in [-0.39, 0.29) is 0 Å². The molecule has 0 spiro atoms. The predicted molar refractivity (Wildman–Crippen MR) is 123 cm³/mol. The summed E-state index contributed by atoms with van der Waals surface area (Å²) in [4.78, 5) is 1.91. The van der Waals surface area contributed by atoms with Crippen LogP contribution in [-0.2, 0) is 0 Å².